The molecule has 0 fully saturated rings. The highest BCUT2D eigenvalue weighted by Gasteiger charge is 2.07. The summed E-state index contributed by atoms with van der Waals surface area (Å²) in [7, 11) is 0. The van der Waals surface area contributed by atoms with Crippen molar-refractivity contribution in [3.05, 3.63) is 59.7 Å². The molecule has 0 atom stereocenters. The van der Waals surface area contributed by atoms with Crippen LogP contribution in [0.15, 0.2) is 47.9 Å². The van der Waals surface area contributed by atoms with Crippen LogP contribution in [0.25, 0.3) is 0 Å². The topological polar surface area (TPSA) is 101 Å². The van der Waals surface area contributed by atoms with Gasteiger partial charge in [-0.25, -0.2) is 4.39 Å². The summed E-state index contributed by atoms with van der Waals surface area (Å²) in [5, 5.41) is 14.0. The molecular weight excluding hydrogens is 275 g/mol. The molecule has 0 bridgehead atoms. The molecule has 2 aromatic rings. The van der Waals surface area contributed by atoms with E-state index in [9.17, 15) is 9.18 Å². The summed E-state index contributed by atoms with van der Waals surface area (Å²) in [6.07, 6.45) is 2.61. The third-order valence-electron chi connectivity index (χ3n) is 2.69. The Morgan fingerprint density at radius 3 is 2.67 bits per heavy atom. The summed E-state index contributed by atoms with van der Waals surface area (Å²) in [4.78, 5) is 15.5. The number of carbonyl (C=O) groups excluding carboxylic acids is 1. The number of anilines is 1. The fraction of sp³-hybridized carbons (Fsp3) is 0.0714. The van der Waals surface area contributed by atoms with Crippen molar-refractivity contribution in [2.24, 2.45) is 10.9 Å². The number of halogens is 1. The highest BCUT2D eigenvalue weighted by atomic mass is 19.1. The molecule has 2 rings (SSSR count). The van der Waals surface area contributed by atoms with Crippen LogP contribution in [-0.4, -0.2) is 21.9 Å². The van der Waals surface area contributed by atoms with Crippen LogP contribution in [0.1, 0.15) is 15.9 Å². The predicted molar refractivity (Wildman–Crippen MR) is 75.7 cm³/mol. The number of nitrogens with one attached hydrogen (secondary N) is 1. The molecule has 1 heterocycles. The highest BCUT2D eigenvalue weighted by Crippen LogP contribution is 2.12. The van der Waals surface area contributed by atoms with Crippen LogP contribution in [0.5, 0.6) is 0 Å². The first kappa shape index (κ1) is 14.4. The standard InChI is InChI=1S/C14H13FN4O2/c15-11-6-10(7-17-8-11)14(20)18-12-3-1-9(2-4-12)5-13(16)19-21/h1-4,6-8,21H,5H2,(H2,16,19)(H,18,20). The minimum absolute atomic E-state index is 0.0950. The zero-order chi connectivity index (χ0) is 15.2. The minimum atomic E-state index is -0.572. The molecule has 0 spiro atoms. The number of rotatable bonds is 4. The van der Waals surface area contributed by atoms with E-state index in [4.69, 9.17) is 10.9 Å². The second-order valence-electron chi connectivity index (χ2n) is 4.31. The Morgan fingerprint density at radius 2 is 2.05 bits per heavy atom. The van der Waals surface area contributed by atoms with E-state index < -0.39 is 11.7 Å². The van der Waals surface area contributed by atoms with Crippen LogP contribution >= 0.6 is 0 Å². The maximum absolute atomic E-state index is 13.0. The molecule has 0 aliphatic rings. The maximum atomic E-state index is 13.0. The lowest BCUT2D eigenvalue weighted by Crippen LogP contribution is -2.15. The summed E-state index contributed by atoms with van der Waals surface area (Å²) in [5.74, 6) is -0.930. The first-order chi connectivity index (χ1) is 10.1. The number of benzene rings is 1. The molecule has 7 heteroatoms. The van der Waals surface area contributed by atoms with Crippen LogP contribution in [-0.2, 0) is 6.42 Å². The van der Waals surface area contributed by atoms with Gasteiger partial charge in [-0.15, -0.1) is 0 Å². The number of hydrogen-bond donors (Lipinski definition) is 3. The van der Waals surface area contributed by atoms with Crippen molar-refractivity contribution in [2.45, 2.75) is 6.42 Å². The number of amides is 1. The van der Waals surface area contributed by atoms with Gasteiger partial charge < -0.3 is 16.3 Å². The average Bonchev–Trinajstić information content (AvgIpc) is 2.49. The zero-order valence-corrected chi connectivity index (χ0v) is 11.0. The van der Waals surface area contributed by atoms with Gasteiger partial charge in [0.05, 0.1) is 11.8 Å². The molecule has 0 unspecified atom stereocenters. The summed E-state index contributed by atoms with van der Waals surface area (Å²) < 4.78 is 13.0. The fourth-order valence-electron chi connectivity index (χ4n) is 1.69. The van der Waals surface area contributed by atoms with E-state index in [2.05, 4.69) is 15.5 Å². The summed E-state index contributed by atoms with van der Waals surface area (Å²) in [6, 6.07) is 7.92. The quantitative estimate of drug-likeness (QED) is 0.345. The van der Waals surface area contributed by atoms with E-state index >= 15 is 0 Å². The molecule has 1 aromatic carbocycles. The summed E-state index contributed by atoms with van der Waals surface area (Å²) in [5.41, 5.74) is 6.91. The smallest absolute Gasteiger partial charge is 0.257 e. The molecule has 0 radical (unpaired) electrons. The van der Waals surface area contributed by atoms with E-state index in [0.29, 0.717) is 12.1 Å². The van der Waals surface area contributed by atoms with Gasteiger partial charge in [-0.2, -0.15) is 0 Å². The molecular formula is C14H13FN4O2. The Bertz CT molecular complexity index is 671. The first-order valence-corrected chi connectivity index (χ1v) is 6.05. The molecule has 1 aromatic heterocycles. The molecule has 0 saturated carbocycles. The van der Waals surface area contributed by atoms with Crippen molar-refractivity contribution in [3.63, 3.8) is 0 Å². The van der Waals surface area contributed by atoms with Crippen LogP contribution in [0, 0.1) is 5.82 Å². The monoisotopic (exact) mass is 288 g/mol. The van der Waals surface area contributed by atoms with Gasteiger partial charge in [-0.1, -0.05) is 17.3 Å². The first-order valence-electron chi connectivity index (χ1n) is 6.05. The zero-order valence-electron chi connectivity index (χ0n) is 11.0. The van der Waals surface area contributed by atoms with Crippen molar-refractivity contribution in [2.75, 3.05) is 5.32 Å². The molecule has 1 amide bonds. The van der Waals surface area contributed by atoms with Crippen LogP contribution in [0.3, 0.4) is 0 Å². The highest BCUT2D eigenvalue weighted by molar-refractivity contribution is 6.04. The number of amidine groups is 1. The van der Waals surface area contributed by atoms with Gasteiger partial charge in [0, 0.05) is 18.3 Å². The van der Waals surface area contributed by atoms with Crippen molar-refractivity contribution in [1.82, 2.24) is 4.98 Å². The second kappa shape index (κ2) is 6.47. The van der Waals surface area contributed by atoms with E-state index in [1.165, 1.54) is 6.20 Å². The Kier molecular flexibility index (Phi) is 4.45. The van der Waals surface area contributed by atoms with Crippen molar-refractivity contribution < 1.29 is 14.4 Å². The number of hydrogen-bond acceptors (Lipinski definition) is 4. The van der Waals surface area contributed by atoms with Gasteiger partial charge in [0.15, 0.2) is 0 Å². The molecule has 0 saturated heterocycles. The van der Waals surface area contributed by atoms with Crippen LogP contribution in [0.4, 0.5) is 10.1 Å². The Balaban J connectivity index is 2.05. The van der Waals surface area contributed by atoms with Crippen molar-refractivity contribution >= 4 is 17.4 Å². The molecule has 6 nitrogen and oxygen atoms in total. The van der Waals surface area contributed by atoms with Gasteiger partial charge in [0.25, 0.3) is 5.91 Å². The lowest BCUT2D eigenvalue weighted by molar-refractivity contribution is 0.102. The number of nitrogens with two attached hydrogens (primary N) is 1. The lowest BCUT2D eigenvalue weighted by atomic mass is 10.1. The van der Waals surface area contributed by atoms with Crippen molar-refractivity contribution in [1.29, 1.82) is 0 Å². The number of aromatic nitrogens is 1. The second-order valence-corrected chi connectivity index (χ2v) is 4.31. The third kappa shape index (κ3) is 4.00. The van der Waals surface area contributed by atoms with E-state index in [0.717, 1.165) is 17.8 Å². The summed E-state index contributed by atoms with van der Waals surface area (Å²) in [6.45, 7) is 0. The summed E-state index contributed by atoms with van der Waals surface area (Å²) >= 11 is 0. The van der Waals surface area contributed by atoms with Crippen LogP contribution < -0.4 is 11.1 Å². The largest absolute Gasteiger partial charge is 0.409 e. The number of nitrogens with zero attached hydrogens (tertiary/aromatic N) is 2. The normalized spacial score (nSPS) is 11.2. The fourth-order valence-corrected chi connectivity index (χ4v) is 1.69. The van der Waals surface area contributed by atoms with E-state index in [1.807, 2.05) is 0 Å². The molecule has 4 N–H and O–H groups in total. The van der Waals surface area contributed by atoms with Gasteiger partial charge >= 0.3 is 0 Å². The maximum Gasteiger partial charge on any atom is 0.257 e. The average molecular weight is 288 g/mol. The van der Waals surface area contributed by atoms with Crippen molar-refractivity contribution in [3.8, 4) is 0 Å². The van der Waals surface area contributed by atoms with Gasteiger partial charge in [-0.05, 0) is 23.8 Å². The Hall–Kier alpha value is -2.96. The van der Waals surface area contributed by atoms with Gasteiger partial charge in [-0.3, -0.25) is 9.78 Å². The minimum Gasteiger partial charge on any atom is -0.409 e. The third-order valence-corrected chi connectivity index (χ3v) is 2.69. The van der Waals surface area contributed by atoms with E-state index in [-0.39, 0.29) is 11.4 Å². The Labute approximate surface area is 120 Å². The molecule has 21 heavy (non-hydrogen) atoms. The number of carbonyl (C=O) groups is 1. The number of oxime groups is 1. The lowest BCUT2D eigenvalue weighted by Gasteiger charge is -2.06. The SMILES string of the molecule is N/C(Cc1ccc(NC(=O)c2cncc(F)c2)cc1)=N/O. The van der Waals surface area contributed by atoms with Gasteiger partial charge in [0.1, 0.15) is 11.7 Å². The molecule has 0 aliphatic carbocycles. The molecule has 108 valence electrons. The predicted octanol–water partition coefficient (Wildman–Crippen LogP) is 1.76. The van der Waals surface area contributed by atoms with Crippen LogP contribution in [0.2, 0.25) is 0 Å². The Morgan fingerprint density at radius 1 is 1.33 bits per heavy atom. The van der Waals surface area contributed by atoms with Gasteiger partial charge in [0.2, 0.25) is 0 Å². The molecule has 0 aliphatic heterocycles. The number of pyridine rings is 1. The van der Waals surface area contributed by atoms with E-state index in [1.54, 1.807) is 24.3 Å².